The molecule has 0 spiro atoms. The molecule has 1 amide bonds. The number of carboxylic acid groups (broad SMARTS) is 1. The van der Waals surface area contributed by atoms with Gasteiger partial charge in [0, 0.05) is 23.6 Å². The summed E-state index contributed by atoms with van der Waals surface area (Å²) in [4.78, 5) is 31.7. The van der Waals surface area contributed by atoms with Crippen LogP contribution >= 0.6 is 0 Å². The van der Waals surface area contributed by atoms with Crippen LogP contribution in [0.2, 0.25) is 0 Å². The molecule has 3 aromatic rings. The fraction of sp³-hybridized carbons (Fsp3) is 0. The molecule has 0 aliphatic heterocycles. The number of para-hydroxylation sites is 1. The third-order valence-electron chi connectivity index (χ3n) is 3.32. The number of pyridine rings is 2. The summed E-state index contributed by atoms with van der Waals surface area (Å²) in [6.45, 7) is 0. The molecule has 1 aromatic carbocycles. The standard InChI is InChI=1S/C18H13N3O3/c22-17(21-14-4-2-1-3-5-14)12-6-8-19-15(10-12)16-11-13(18(23)24)7-9-20-16/h1-11H,(H,21,22)(H,23,24). The van der Waals surface area contributed by atoms with Crippen LogP contribution in [0.5, 0.6) is 0 Å². The Morgan fingerprint density at radius 3 is 2.04 bits per heavy atom. The quantitative estimate of drug-likeness (QED) is 0.771. The summed E-state index contributed by atoms with van der Waals surface area (Å²) in [6, 6.07) is 15.1. The number of anilines is 1. The van der Waals surface area contributed by atoms with E-state index in [0.717, 1.165) is 0 Å². The van der Waals surface area contributed by atoms with Crippen molar-refractivity contribution in [2.45, 2.75) is 0 Å². The zero-order valence-electron chi connectivity index (χ0n) is 12.5. The molecule has 2 N–H and O–H groups in total. The number of amides is 1. The first kappa shape index (κ1) is 15.4. The summed E-state index contributed by atoms with van der Waals surface area (Å²) in [5.41, 5.74) is 2.03. The number of aromatic nitrogens is 2. The second-order valence-electron chi connectivity index (χ2n) is 4.98. The predicted molar refractivity (Wildman–Crippen MR) is 88.8 cm³/mol. The maximum absolute atomic E-state index is 12.3. The highest BCUT2D eigenvalue weighted by atomic mass is 16.4. The minimum absolute atomic E-state index is 0.112. The minimum atomic E-state index is -1.04. The molecule has 2 aromatic heterocycles. The molecule has 0 unspecified atom stereocenters. The van der Waals surface area contributed by atoms with Crippen LogP contribution in [0.25, 0.3) is 11.4 Å². The van der Waals surface area contributed by atoms with Gasteiger partial charge in [0.05, 0.1) is 17.0 Å². The number of aromatic carboxylic acids is 1. The summed E-state index contributed by atoms with van der Waals surface area (Å²) in [6.07, 6.45) is 2.89. The zero-order chi connectivity index (χ0) is 16.9. The van der Waals surface area contributed by atoms with Gasteiger partial charge in [0.2, 0.25) is 0 Å². The van der Waals surface area contributed by atoms with E-state index >= 15 is 0 Å². The Balaban J connectivity index is 1.88. The fourth-order valence-electron chi connectivity index (χ4n) is 2.14. The van der Waals surface area contributed by atoms with Gasteiger partial charge < -0.3 is 10.4 Å². The SMILES string of the molecule is O=C(O)c1ccnc(-c2cc(C(=O)Nc3ccccc3)ccn2)c1. The molecule has 3 rings (SSSR count). The minimum Gasteiger partial charge on any atom is -0.478 e. The van der Waals surface area contributed by atoms with E-state index in [4.69, 9.17) is 5.11 Å². The number of nitrogens with zero attached hydrogens (tertiary/aromatic N) is 2. The van der Waals surface area contributed by atoms with Gasteiger partial charge in [-0.25, -0.2) is 4.79 Å². The average molecular weight is 319 g/mol. The maximum atomic E-state index is 12.3. The van der Waals surface area contributed by atoms with E-state index in [0.29, 0.717) is 22.6 Å². The Bertz CT molecular complexity index is 895. The van der Waals surface area contributed by atoms with Gasteiger partial charge in [-0.05, 0) is 36.4 Å². The normalized spacial score (nSPS) is 10.2. The molecule has 0 saturated heterocycles. The van der Waals surface area contributed by atoms with Crippen LogP contribution in [0.15, 0.2) is 67.0 Å². The van der Waals surface area contributed by atoms with Crippen molar-refractivity contribution < 1.29 is 14.7 Å². The molecule has 0 aliphatic carbocycles. The Morgan fingerprint density at radius 2 is 1.42 bits per heavy atom. The van der Waals surface area contributed by atoms with E-state index in [1.165, 1.54) is 24.5 Å². The molecule has 0 atom stereocenters. The topological polar surface area (TPSA) is 92.2 Å². The first-order chi connectivity index (χ1) is 11.6. The van der Waals surface area contributed by atoms with E-state index in [1.807, 2.05) is 18.2 Å². The summed E-state index contributed by atoms with van der Waals surface area (Å²) in [7, 11) is 0. The Morgan fingerprint density at radius 1 is 0.833 bits per heavy atom. The van der Waals surface area contributed by atoms with Gasteiger partial charge in [-0.3, -0.25) is 14.8 Å². The number of hydrogen-bond donors (Lipinski definition) is 2. The van der Waals surface area contributed by atoms with Crippen molar-refractivity contribution in [2.75, 3.05) is 5.32 Å². The number of benzene rings is 1. The highest BCUT2D eigenvalue weighted by Gasteiger charge is 2.11. The average Bonchev–Trinajstić information content (AvgIpc) is 2.63. The maximum Gasteiger partial charge on any atom is 0.335 e. The Labute approximate surface area is 137 Å². The molecule has 0 aliphatic rings. The van der Waals surface area contributed by atoms with Crippen molar-refractivity contribution in [1.29, 1.82) is 0 Å². The lowest BCUT2D eigenvalue weighted by atomic mass is 10.1. The van der Waals surface area contributed by atoms with Gasteiger partial charge in [0.25, 0.3) is 5.91 Å². The van der Waals surface area contributed by atoms with Crippen LogP contribution in [-0.4, -0.2) is 27.0 Å². The third kappa shape index (κ3) is 3.44. The molecule has 0 bridgehead atoms. The highest BCUT2D eigenvalue weighted by molar-refractivity contribution is 6.04. The molecule has 6 heteroatoms. The van der Waals surface area contributed by atoms with Gasteiger partial charge in [-0.1, -0.05) is 18.2 Å². The number of nitrogens with one attached hydrogen (secondary N) is 1. The second kappa shape index (κ2) is 6.70. The van der Waals surface area contributed by atoms with Crippen molar-refractivity contribution in [1.82, 2.24) is 9.97 Å². The van der Waals surface area contributed by atoms with Crippen molar-refractivity contribution in [3.05, 3.63) is 78.1 Å². The zero-order valence-corrected chi connectivity index (χ0v) is 12.5. The molecular weight excluding hydrogens is 306 g/mol. The summed E-state index contributed by atoms with van der Waals surface area (Å²) >= 11 is 0. The molecule has 6 nitrogen and oxygen atoms in total. The van der Waals surface area contributed by atoms with E-state index in [2.05, 4.69) is 15.3 Å². The lowest BCUT2D eigenvalue weighted by Gasteiger charge is -2.06. The third-order valence-corrected chi connectivity index (χ3v) is 3.32. The summed E-state index contributed by atoms with van der Waals surface area (Å²) < 4.78 is 0. The molecule has 0 saturated carbocycles. The number of carbonyl (C=O) groups excluding carboxylic acids is 1. The number of hydrogen-bond acceptors (Lipinski definition) is 4. The van der Waals surface area contributed by atoms with Crippen LogP contribution in [0, 0.1) is 0 Å². The van der Waals surface area contributed by atoms with Crippen molar-refractivity contribution in [3.63, 3.8) is 0 Å². The smallest absolute Gasteiger partial charge is 0.335 e. The number of rotatable bonds is 4. The van der Waals surface area contributed by atoms with Crippen molar-refractivity contribution in [2.24, 2.45) is 0 Å². The van der Waals surface area contributed by atoms with Crippen LogP contribution in [0.1, 0.15) is 20.7 Å². The van der Waals surface area contributed by atoms with Gasteiger partial charge >= 0.3 is 5.97 Å². The van der Waals surface area contributed by atoms with E-state index in [9.17, 15) is 9.59 Å². The molecular formula is C18H13N3O3. The Kier molecular flexibility index (Phi) is 4.29. The lowest BCUT2D eigenvalue weighted by Crippen LogP contribution is -2.12. The van der Waals surface area contributed by atoms with E-state index < -0.39 is 5.97 Å². The summed E-state index contributed by atoms with van der Waals surface area (Å²) in [5, 5.41) is 11.8. The predicted octanol–water partition coefficient (Wildman–Crippen LogP) is 3.09. The first-order valence-electron chi connectivity index (χ1n) is 7.15. The second-order valence-corrected chi connectivity index (χ2v) is 4.98. The summed E-state index contributed by atoms with van der Waals surface area (Å²) in [5.74, 6) is -1.32. The highest BCUT2D eigenvalue weighted by Crippen LogP contribution is 2.17. The Hall–Kier alpha value is -3.54. The largest absolute Gasteiger partial charge is 0.478 e. The number of carboxylic acids is 1. The fourth-order valence-corrected chi connectivity index (χ4v) is 2.14. The molecule has 0 fully saturated rings. The van der Waals surface area contributed by atoms with Crippen molar-refractivity contribution in [3.8, 4) is 11.4 Å². The van der Waals surface area contributed by atoms with Crippen LogP contribution in [0.3, 0.4) is 0 Å². The monoisotopic (exact) mass is 319 g/mol. The molecule has 0 radical (unpaired) electrons. The first-order valence-corrected chi connectivity index (χ1v) is 7.15. The van der Waals surface area contributed by atoms with E-state index in [-0.39, 0.29) is 11.5 Å². The van der Waals surface area contributed by atoms with E-state index in [1.54, 1.807) is 24.3 Å². The van der Waals surface area contributed by atoms with Gasteiger partial charge in [-0.2, -0.15) is 0 Å². The molecule has 2 heterocycles. The van der Waals surface area contributed by atoms with Crippen LogP contribution in [0.4, 0.5) is 5.69 Å². The van der Waals surface area contributed by atoms with Gasteiger partial charge in [-0.15, -0.1) is 0 Å². The number of carbonyl (C=O) groups is 2. The van der Waals surface area contributed by atoms with Crippen molar-refractivity contribution >= 4 is 17.6 Å². The molecule has 118 valence electrons. The van der Waals surface area contributed by atoms with Gasteiger partial charge in [0.1, 0.15) is 0 Å². The van der Waals surface area contributed by atoms with Crippen LogP contribution < -0.4 is 5.32 Å². The lowest BCUT2D eigenvalue weighted by molar-refractivity contribution is 0.0696. The van der Waals surface area contributed by atoms with Gasteiger partial charge in [0.15, 0.2) is 0 Å². The molecule has 24 heavy (non-hydrogen) atoms. The van der Waals surface area contributed by atoms with Crippen LogP contribution in [-0.2, 0) is 0 Å².